The number of benzene rings is 1. The standard InChI is InChI=1S/C13H16N2O2/c1-13(2,12-14-10-15-17-12)9-16-8-11-6-4-3-5-7-11/h3-7,10H,8-9H2,1-2H3. The number of hydrogen-bond donors (Lipinski definition) is 0. The Balaban J connectivity index is 1.86. The van der Waals surface area contributed by atoms with E-state index in [1.807, 2.05) is 44.2 Å². The van der Waals surface area contributed by atoms with Crippen LogP contribution in [0.25, 0.3) is 0 Å². The van der Waals surface area contributed by atoms with Crippen LogP contribution in [0.15, 0.2) is 41.2 Å². The number of rotatable bonds is 5. The molecule has 0 saturated heterocycles. The second-order valence-corrected chi connectivity index (χ2v) is 4.61. The Bertz CT molecular complexity index is 438. The number of nitrogens with zero attached hydrogens (tertiary/aromatic N) is 2. The maximum Gasteiger partial charge on any atom is 0.234 e. The first kappa shape index (κ1) is 11.8. The Morgan fingerprint density at radius 1 is 1.24 bits per heavy atom. The molecule has 0 fully saturated rings. The average Bonchev–Trinajstić information content (AvgIpc) is 2.84. The second-order valence-electron chi connectivity index (χ2n) is 4.61. The van der Waals surface area contributed by atoms with E-state index in [2.05, 4.69) is 10.1 Å². The number of aromatic nitrogens is 2. The van der Waals surface area contributed by atoms with E-state index in [1.165, 1.54) is 6.33 Å². The molecule has 4 heteroatoms. The van der Waals surface area contributed by atoms with Gasteiger partial charge in [0.2, 0.25) is 5.89 Å². The molecule has 2 rings (SSSR count). The summed E-state index contributed by atoms with van der Waals surface area (Å²) in [5.74, 6) is 0.602. The molecule has 17 heavy (non-hydrogen) atoms. The Morgan fingerprint density at radius 2 is 2.00 bits per heavy atom. The zero-order valence-electron chi connectivity index (χ0n) is 10.1. The van der Waals surface area contributed by atoms with Crippen LogP contribution in [-0.2, 0) is 16.8 Å². The monoisotopic (exact) mass is 232 g/mol. The van der Waals surface area contributed by atoms with Gasteiger partial charge in [-0.1, -0.05) is 35.5 Å². The summed E-state index contributed by atoms with van der Waals surface area (Å²) >= 11 is 0. The van der Waals surface area contributed by atoms with Crippen molar-refractivity contribution < 1.29 is 9.26 Å². The first-order chi connectivity index (χ1) is 8.18. The molecule has 1 aromatic carbocycles. The molecule has 0 bridgehead atoms. The summed E-state index contributed by atoms with van der Waals surface area (Å²) in [5, 5.41) is 3.61. The normalized spacial score (nSPS) is 11.6. The van der Waals surface area contributed by atoms with Gasteiger partial charge in [-0.05, 0) is 19.4 Å². The van der Waals surface area contributed by atoms with Gasteiger partial charge in [0.1, 0.15) is 0 Å². The predicted molar refractivity (Wildman–Crippen MR) is 63.4 cm³/mol. The maximum absolute atomic E-state index is 5.68. The fourth-order valence-corrected chi connectivity index (χ4v) is 1.53. The van der Waals surface area contributed by atoms with Gasteiger partial charge in [0.05, 0.1) is 18.6 Å². The SMILES string of the molecule is CC(C)(COCc1ccccc1)c1ncno1. The van der Waals surface area contributed by atoms with E-state index >= 15 is 0 Å². The maximum atomic E-state index is 5.68. The van der Waals surface area contributed by atoms with Gasteiger partial charge >= 0.3 is 0 Å². The third-order valence-electron chi connectivity index (χ3n) is 2.51. The van der Waals surface area contributed by atoms with Gasteiger partial charge in [-0.2, -0.15) is 4.98 Å². The molecule has 4 nitrogen and oxygen atoms in total. The van der Waals surface area contributed by atoms with E-state index in [0.29, 0.717) is 19.1 Å². The van der Waals surface area contributed by atoms with Crippen molar-refractivity contribution in [2.24, 2.45) is 0 Å². The van der Waals surface area contributed by atoms with Crippen LogP contribution < -0.4 is 0 Å². The summed E-state index contributed by atoms with van der Waals surface area (Å²) in [5.41, 5.74) is 0.902. The van der Waals surface area contributed by atoms with E-state index in [1.54, 1.807) is 0 Å². The van der Waals surface area contributed by atoms with Gasteiger partial charge in [-0.3, -0.25) is 0 Å². The minimum atomic E-state index is -0.259. The molecule has 0 N–H and O–H groups in total. The molecule has 2 aromatic rings. The van der Waals surface area contributed by atoms with Crippen LogP contribution in [0.4, 0.5) is 0 Å². The van der Waals surface area contributed by atoms with E-state index in [0.717, 1.165) is 5.56 Å². The van der Waals surface area contributed by atoms with Crippen molar-refractivity contribution in [1.29, 1.82) is 0 Å². The average molecular weight is 232 g/mol. The summed E-state index contributed by atoms with van der Waals surface area (Å²) in [6.07, 6.45) is 1.41. The lowest BCUT2D eigenvalue weighted by molar-refractivity contribution is 0.0704. The Hall–Kier alpha value is -1.68. The van der Waals surface area contributed by atoms with Crippen LogP contribution in [0.5, 0.6) is 0 Å². The highest BCUT2D eigenvalue weighted by Crippen LogP contribution is 2.21. The topological polar surface area (TPSA) is 48.2 Å². The van der Waals surface area contributed by atoms with Gasteiger partial charge in [-0.25, -0.2) is 0 Å². The lowest BCUT2D eigenvalue weighted by atomic mass is 9.95. The molecule has 1 aromatic heterocycles. The van der Waals surface area contributed by atoms with Crippen LogP contribution in [0, 0.1) is 0 Å². The lowest BCUT2D eigenvalue weighted by Gasteiger charge is -2.19. The molecular formula is C13H16N2O2. The van der Waals surface area contributed by atoms with Crippen LogP contribution in [0.1, 0.15) is 25.3 Å². The van der Waals surface area contributed by atoms with Crippen LogP contribution in [0.2, 0.25) is 0 Å². The molecule has 0 saturated carbocycles. The number of hydrogen-bond acceptors (Lipinski definition) is 4. The summed E-state index contributed by atoms with van der Waals surface area (Å²) < 4.78 is 10.7. The van der Waals surface area contributed by atoms with Gasteiger partial charge in [0.25, 0.3) is 0 Å². The molecule has 0 radical (unpaired) electrons. The van der Waals surface area contributed by atoms with E-state index in [9.17, 15) is 0 Å². The van der Waals surface area contributed by atoms with E-state index < -0.39 is 0 Å². The van der Waals surface area contributed by atoms with Crippen molar-refractivity contribution in [2.45, 2.75) is 25.9 Å². The molecule has 0 aliphatic rings. The molecular weight excluding hydrogens is 216 g/mol. The van der Waals surface area contributed by atoms with Crippen LogP contribution in [0.3, 0.4) is 0 Å². The molecule has 90 valence electrons. The van der Waals surface area contributed by atoms with Gasteiger partial charge in [-0.15, -0.1) is 0 Å². The summed E-state index contributed by atoms with van der Waals surface area (Å²) in [7, 11) is 0. The first-order valence-electron chi connectivity index (χ1n) is 5.57. The summed E-state index contributed by atoms with van der Waals surface area (Å²) in [6, 6.07) is 10.1. The summed E-state index contributed by atoms with van der Waals surface area (Å²) in [6.45, 7) is 5.18. The van der Waals surface area contributed by atoms with Gasteiger partial charge in [0, 0.05) is 0 Å². The largest absolute Gasteiger partial charge is 0.376 e. The van der Waals surface area contributed by atoms with Gasteiger partial charge in [0.15, 0.2) is 6.33 Å². The van der Waals surface area contributed by atoms with Crippen LogP contribution >= 0.6 is 0 Å². The van der Waals surface area contributed by atoms with Crippen molar-refractivity contribution in [3.05, 3.63) is 48.1 Å². The summed E-state index contributed by atoms with van der Waals surface area (Å²) in [4.78, 5) is 4.06. The Morgan fingerprint density at radius 3 is 2.65 bits per heavy atom. The minimum absolute atomic E-state index is 0.259. The predicted octanol–water partition coefficient (Wildman–Crippen LogP) is 2.56. The van der Waals surface area contributed by atoms with Crippen LogP contribution in [-0.4, -0.2) is 16.7 Å². The third-order valence-corrected chi connectivity index (χ3v) is 2.51. The van der Waals surface area contributed by atoms with Crippen molar-refractivity contribution in [2.75, 3.05) is 6.61 Å². The smallest absolute Gasteiger partial charge is 0.234 e. The highest BCUT2D eigenvalue weighted by Gasteiger charge is 2.26. The molecule has 0 amide bonds. The second kappa shape index (κ2) is 5.10. The quantitative estimate of drug-likeness (QED) is 0.795. The molecule has 0 atom stereocenters. The Kier molecular flexibility index (Phi) is 3.54. The van der Waals surface area contributed by atoms with E-state index in [-0.39, 0.29) is 5.41 Å². The van der Waals surface area contributed by atoms with Crippen molar-refractivity contribution in [1.82, 2.24) is 10.1 Å². The Labute approximate surface area is 101 Å². The zero-order chi connectivity index (χ0) is 12.1. The van der Waals surface area contributed by atoms with E-state index in [4.69, 9.17) is 9.26 Å². The molecule has 1 heterocycles. The fourth-order valence-electron chi connectivity index (χ4n) is 1.53. The lowest BCUT2D eigenvalue weighted by Crippen LogP contribution is -2.24. The van der Waals surface area contributed by atoms with Crippen molar-refractivity contribution >= 4 is 0 Å². The first-order valence-corrected chi connectivity index (χ1v) is 5.57. The van der Waals surface area contributed by atoms with Crippen molar-refractivity contribution in [3.8, 4) is 0 Å². The third kappa shape index (κ3) is 3.14. The highest BCUT2D eigenvalue weighted by atomic mass is 16.5. The molecule has 0 aliphatic carbocycles. The fraction of sp³-hybridized carbons (Fsp3) is 0.385. The molecule has 0 spiro atoms. The number of ether oxygens (including phenoxy) is 1. The zero-order valence-corrected chi connectivity index (χ0v) is 10.1. The molecule has 0 aliphatic heterocycles. The van der Waals surface area contributed by atoms with Crippen molar-refractivity contribution in [3.63, 3.8) is 0 Å². The van der Waals surface area contributed by atoms with Gasteiger partial charge < -0.3 is 9.26 Å². The molecule has 0 unspecified atom stereocenters. The minimum Gasteiger partial charge on any atom is -0.376 e. The highest BCUT2D eigenvalue weighted by molar-refractivity contribution is 5.13.